The molecule has 0 fully saturated rings. The van der Waals surface area contributed by atoms with E-state index >= 15 is 0 Å². The molecular weight excluding hydrogens is 264 g/mol. The number of anilines is 1. The monoisotopic (exact) mass is 276 g/mol. The zero-order chi connectivity index (χ0) is 13.4. The molecule has 0 unspecified atom stereocenters. The number of nitrogens with zero attached hydrogens (tertiary/aromatic N) is 3. The number of nitrogens with one attached hydrogen (secondary N) is 1. The van der Waals surface area contributed by atoms with Crippen LogP contribution in [0.1, 0.15) is 28.0 Å². The Morgan fingerprint density at radius 1 is 1.42 bits per heavy atom. The van der Waals surface area contributed by atoms with Gasteiger partial charge in [-0.05, 0) is 37.5 Å². The predicted molar refractivity (Wildman–Crippen MR) is 72.6 cm³/mol. The Morgan fingerprint density at radius 2 is 2.26 bits per heavy atom. The second kappa shape index (κ2) is 4.66. The summed E-state index contributed by atoms with van der Waals surface area (Å²) in [5.74, 6) is 0.561. The van der Waals surface area contributed by atoms with E-state index in [1.807, 2.05) is 6.92 Å². The lowest BCUT2D eigenvalue weighted by Gasteiger charge is -2.25. The third-order valence-electron chi connectivity index (χ3n) is 3.39. The van der Waals surface area contributed by atoms with E-state index in [1.54, 1.807) is 23.1 Å². The number of aromatic amines is 1. The smallest absolute Gasteiger partial charge is 0.259 e. The van der Waals surface area contributed by atoms with E-state index in [9.17, 15) is 4.79 Å². The SMILES string of the molecule is Cc1c(Cl)cccc1C(=O)N1CCCc2n[nH]nc21. The van der Waals surface area contributed by atoms with Gasteiger partial charge in [0.25, 0.3) is 5.91 Å². The van der Waals surface area contributed by atoms with Gasteiger partial charge in [-0.3, -0.25) is 9.69 Å². The molecule has 1 N–H and O–H groups in total. The van der Waals surface area contributed by atoms with Gasteiger partial charge in [0.15, 0.2) is 5.82 Å². The first-order chi connectivity index (χ1) is 9.18. The lowest BCUT2D eigenvalue weighted by molar-refractivity contribution is 0.0983. The van der Waals surface area contributed by atoms with Crippen LogP contribution in [-0.2, 0) is 6.42 Å². The fraction of sp³-hybridized carbons (Fsp3) is 0.308. The molecule has 1 amide bonds. The standard InChI is InChI=1S/C13H13ClN4O/c1-8-9(4-2-5-10(8)14)13(19)18-7-3-6-11-12(18)16-17-15-11/h2,4-5H,3,6-7H2,1H3,(H,15,16,17). The highest BCUT2D eigenvalue weighted by atomic mass is 35.5. The van der Waals surface area contributed by atoms with Crippen LogP contribution in [0.2, 0.25) is 5.02 Å². The van der Waals surface area contributed by atoms with E-state index in [0.29, 0.717) is 22.9 Å². The van der Waals surface area contributed by atoms with Crippen molar-refractivity contribution in [1.29, 1.82) is 0 Å². The van der Waals surface area contributed by atoms with Crippen LogP contribution in [-0.4, -0.2) is 27.9 Å². The van der Waals surface area contributed by atoms with Crippen LogP contribution in [0.15, 0.2) is 18.2 Å². The van der Waals surface area contributed by atoms with Gasteiger partial charge in [0.05, 0.1) is 0 Å². The number of benzene rings is 1. The number of carbonyl (C=O) groups excluding carboxylic acids is 1. The van der Waals surface area contributed by atoms with Crippen molar-refractivity contribution in [3.05, 3.63) is 40.0 Å². The fourth-order valence-corrected chi connectivity index (χ4v) is 2.50. The summed E-state index contributed by atoms with van der Waals surface area (Å²) in [5.41, 5.74) is 2.26. The summed E-state index contributed by atoms with van der Waals surface area (Å²) in [7, 11) is 0. The molecule has 1 aliphatic rings. The molecule has 0 saturated carbocycles. The summed E-state index contributed by atoms with van der Waals surface area (Å²) >= 11 is 6.07. The number of hydrogen-bond acceptors (Lipinski definition) is 3. The molecule has 0 bridgehead atoms. The molecule has 0 aliphatic carbocycles. The second-order valence-corrected chi connectivity index (χ2v) is 4.97. The highest BCUT2D eigenvalue weighted by molar-refractivity contribution is 6.32. The minimum absolute atomic E-state index is 0.0742. The van der Waals surface area contributed by atoms with Crippen LogP contribution in [0.25, 0.3) is 0 Å². The Hall–Kier alpha value is -1.88. The van der Waals surface area contributed by atoms with Crippen LogP contribution in [0.4, 0.5) is 5.82 Å². The van der Waals surface area contributed by atoms with Gasteiger partial charge in [0.1, 0.15) is 5.69 Å². The van der Waals surface area contributed by atoms with Crippen molar-refractivity contribution < 1.29 is 4.79 Å². The van der Waals surface area contributed by atoms with E-state index in [2.05, 4.69) is 15.4 Å². The summed E-state index contributed by atoms with van der Waals surface area (Å²) in [6, 6.07) is 5.36. The molecule has 0 radical (unpaired) electrons. The zero-order valence-corrected chi connectivity index (χ0v) is 11.2. The van der Waals surface area contributed by atoms with Crippen molar-refractivity contribution in [3.63, 3.8) is 0 Å². The van der Waals surface area contributed by atoms with E-state index in [-0.39, 0.29) is 5.91 Å². The minimum Gasteiger partial charge on any atom is -0.290 e. The highest BCUT2D eigenvalue weighted by Crippen LogP contribution is 2.26. The molecule has 0 atom stereocenters. The predicted octanol–water partition coefficient (Wildman–Crippen LogP) is 2.36. The number of H-pyrrole nitrogens is 1. The van der Waals surface area contributed by atoms with Crippen LogP contribution < -0.4 is 4.90 Å². The van der Waals surface area contributed by atoms with Gasteiger partial charge in [-0.15, -0.1) is 5.10 Å². The number of rotatable bonds is 1. The molecule has 1 aromatic carbocycles. The van der Waals surface area contributed by atoms with Crippen LogP contribution in [0, 0.1) is 6.92 Å². The van der Waals surface area contributed by atoms with Gasteiger partial charge < -0.3 is 0 Å². The highest BCUT2D eigenvalue weighted by Gasteiger charge is 2.27. The van der Waals surface area contributed by atoms with Gasteiger partial charge in [-0.2, -0.15) is 10.3 Å². The summed E-state index contributed by atoms with van der Waals surface area (Å²) < 4.78 is 0. The maximum absolute atomic E-state index is 12.6. The number of carbonyl (C=O) groups is 1. The van der Waals surface area contributed by atoms with Crippen LogP contribution >= 0.6 is 11.6 Å². The summed E-state index contributed by atoms with van der Waals surface area (Å²) in [6.07, 6.45) is 1.75. The van der Waals surface area contributed by atoms with Crippen molar-refractivity contribution in [2.24, 2.45) is 0 Å². The number of hydrogen-bond donors (Lipinski definition) is 1. The molecule has 5 nitrogen and oxygen atoms in total. The first-order valence-electron chi connectivity index (χ1n) is 6.15. The average molecular weight is 277 g/mol. The van der Waals surface area contributed by atoms with Crippen molar-refractivity contribution in [2.75, 3.05) is 11.4 Å². The lowest BCUT2D eigenvalue weighted by atomic mass is 10.1. The summed E-state index contributed by atoms with van der Waals surface area (Å²) in [6.45, 7) is 2.51. The van der Waals surface area contributed by atoms with Crippen molar-refractivity contribution in [1.82, 2.24) is 15.4 Å². The van der Waals surface area contributed by atoms with Crippen molar-refractivity contribution >= 4 is 23.3 Å². The van der Waals surface area contributed by atoms with Crippen molar-refractivity contribution in [2.45, 2.75) is 19.8 Å². The zero-order valence-electron chi connectivity index (χ0n) is 10.5. The third kappa shape index (κ3) is 2.00. The molecule has 2 aromatic rings. The van der Waals surface area contributed by atoms with Crippen LogP contribution in [0.3, 0.4) is 0 Å². The lowest BCUT2D eigenvalue weighted by Crippen LogP contribution is -2.36. The normalized spacial score (nSPS) is 14.3. The Kier molecular flexibility index (Phi) is 2.98. The van der Waals surface area contributed by atoms with E-state index in [0.717, 1.165) is 24.1 Å². The fourth-order valence-electron chi connectivity index (χ4n) is 2.32. The molecule has 0 saturated heterocycles. The second-order valence-electron chi connectivity index (χ2n) is 4.57. The number of aryl methyl sites for hydroxylation is 1. The largest absolute Gasteiger partial charge is 0.290 e. The maximum atomic E-state index is 12.6. The molecule has 2 heterocycles. The maximum Gasteiger partial charge on any atom is 0.259 e. The Labute approximate surface area is 115 Å². The first-order valence-corrected chi connectivity index (χ1v) is 6.53. The van der Waals surface area contributed by atoms with Gasteiger partial charge in [-0.1, -0.05) is 17.7 Å². The van der Waals surface area contributed by atoms with E-state index < -0.39 is 0 Å². The third-order valence-corrected chi connectivity index (χ3v) is 3.80. The quantitative estimate of drug-likeness (QED) is 0.870. The molecule has 98 valence electrons. The van der Waals surface area contributed by atoms with Gasteiger partial charge in [0.2, 0.25) is 0 Å². The Balaban J connectivity index is 2.00. The summed E-state index contributed by atoms with van der Waals surface area (Å²) in [5, 5.41) is 11.3. The van der Waals surface area contributed by atoms with E-state index in [4.69, 9.17) is 11.6 Å². The topological polar surface area (TPSA) is 61.9 Å². The summed E-state index contributed by atoms with van der Waals surface area (Å²) in [4.78, 5) is 14.3. The first kappa shape index (κ1) is 12.2. The molecule has 19 heavy (non-hydrogen) atoms. The number of halogens is 1. The number of fused-ring (bicyclic) bond motifs is 1. The molecule has 0 spiro atoms. The van der Waals surface area contributed by atoms with E-state index in [1.165, 1.54) is 0 Å². The minimum atomic E-state index is -0.0742. The van der Waals surface area contributed by atoms with Crippen LogP contribution in [0.5, 0.6) is 0 Å². The molecule has 6 heteroatoms. The van der Waals surface area contributed by atoms with Gasteiger partial charge in [-0.25, -0.2) is 0 Å². The average Bonchev–Trinajstić information content (AvgIpc) is 2.89. The number of amides is 1. The molecule has 1 aliphatic heterocycles. The molecule has 1 aromatic heterocycles. The van der Waals surface area contributed by atoms with Crippen molar-refractivity contribution in [3.8, 4) is 0 Å². The van der Waals surface area contributed by atoms with Gasteiger partial charge >= 0.3 is 0 Å². The number of aromatic nitrogens is 3. The molecule has 3 rings (SSSR count). The van der Waals surface area contributed by atoms with Gasteiger partial charge in [0, 0.05) is 17.1 Å². The Morgan fingerprint density at radius 3 is 3.11 bits per heavy atom. The molecular formula is C13H13ClN4O. The Bertz CT molecular complexity index is 637.